The molecule has 0 saturated heterocycles. The van der Waals surface area contributed by atoms with Gasteiger partial charge in [-0.3, -0.25) is 0 Å². The number of aliphatic hydroxyl groups is 1. The van der Waals surface area contributed by atoms with E-state index in [-0.39, 0.29) is 11.1 Å². The second-order valence-electron chi connectivity index (χ2n) is 4.96. The number of rotatable bonds is 2. The number of thioether (sulfide) groups is 1. The Morgan fingerprint density at radius 1 is 1.19 bits per heavy atom. The summed E-state index contributed by atoms with van der Waals surface area (Å²) in [4.78, 5) is 0.983. The molecule has 2 unspecified atom stereocenters. The minimum Gasteiger partial charge on any atom is -0.485 e. The molecular formula is C16H14F2O2S. The zero-order chi connectivity index (χ0) is 15.0. The molecule has 0 saturated carbocycles. The number of hydrogen-bond acceptors (Lipinski definition) is 3. The fourth-order valence-corrected chi connectivity index (χ4v) is 3.31. The smallest absolute Gasteiger partial charge is 0.165 e. The van der Waals surface area contributed by atoms with E-state index >= 15 is 0 Å². The van der Waals surface area contributed by atoms with E-state index < -0.39 is 23.8 Å². The second-order valence-corrected chi connectivity index (χ2v) is 6.02. The molecule has 1 aliphatic rings. The minimum atomic E-state index is -1.21. The molecule has 21 heavy (non-hydrogen) atoms. The summed E-state index contributed by atoms with van der Waals surface area (Å²) >= 11 is 1.53. The second kappa shape index (κ2) is 5.66. The summed E-state index contributed by atoms with van der Waals surface area (Å²) in [5.41, 5.74) is 0.149. The molecule has 1 aliphatic heterocycles. The normalized spacial score (nSPS) is 18.8. The Morgan fingerprint density at radius 2 is 1.95 bits per heavy atom. The van der Waals surface area contributed by atoms with E-state index in [0.29, 0.717) is 11.5 Å². The quantitative estimate of drug-likeness (QED) is 0.913. The lowest BCUT2D eigenvalue weighted by Crippen LogP contribution is -2.31. The van der Waals surface area contributed by atoms with Crippen LogP contribution in [0.25, 0.3) is 0 Å². The molecule has 3 rings (SSSR count). The van der Waals surface area contributed by atoms with Gasteiger partial charge in [0.1, 0.15) is 18.0 Å². The molecule has 110 valence electrons. The van der Waals surface area contributed by atoms with Crippen molar-refractivity contribution in [2.24, 2.45) is 0 Å². The fourth-order valence-electron chi connectivity index (χ4n) is 2.28. The van der Waals surface area contributed by atoms with Gasteiger partial charge in [0, 0.05) is 16.2 Å². The Balaban J connectivity index is 1.87. The Bertz CT molecular complexity index is 675. The van der Waals surface area contributed by atoms with Gasteiger partial charge in [-0.15, -0.1) is 11.8 Å². The number of halogens is 2. The summed E-state index contributed by atoms with van der Waals surface area (Å²) in [6.07, 6.45) is -1.82. The van der Waals surface area contributed by atoms with E-state index in [2.05, 4.69) is 0 Å². The van der Waals surface area contributed by atoms with E-state index in [0.717, 1.165) is 4.90 Å². The van der Waals surface area contributed by atoms with Crippen molar-refractivity contribution in [3.05, 3.63) is 59.2 Å². The van der Waals surface area contributed by atoms with Crippen LogP contribution >= 0.6 is 11.8 Å². The summed E-state index contributed by atoms with van der Waals surface area (Å²) < 4.78 is 33.3. The number of aliphatic hydroxyl groups excluding tert-OH is 1. The minimum absolute atomic E-state index is 0.0666. The average molecular weight is 308 g/mol. The Labute approximate surface area is 125 Å². The van der Waals surface area contributed by atoms with Crippen molar-refractivity contribution in [3.63, 3.8) is 0 Å². The molecule has 0 aliphatic carbocycles. The van der Waals surface area contributed by atoms with Crippen LogP contribution in [0.3, 0.4) is 0 Å². The molecule has 2 aromatic carbocycles. The van der Waals surface area contributed by atoms with E-state index in [1.807, 2.05) is 18.2 Å². The maximum Gasteiger partial charge on any atom is 0.165 e. The lowest BCUT2D eigenvalue weighted by atomic mass is 10.0. The third-order valence-electron chi connectivity index (χ3n) is 3.51. The lowest BCUT2D eigenvalue weighted by Gasteiger charge is -2.29. The highest BCUT2D eigenvalue weighted by Gasteiger charge is 2.30. The Hall–Kier alpha value is -1.59. The molecule has 0 spiro atoms. The van der Waals surface area contributed by atoms with Crippen LogP contribution < -0.4 is 4.74 Å². The van der Waals surface area contributed by atoms with Crippen LogP contribution in [0.4, 0.5) is 8.78 Å². The average Bonchev–Trinajstić information content (AvgIpc) is 2.52. The van der Waals surface area contributed by atoms with Crippen molar-refractivity contribution >= 4 is 11.8 Å². The van der Waals surface area contributed by atoms with Crippen molar-refractivity contribution in [2.45, 2.75) is 24.0 Å². The highest BCUT2D eigenvalue weighted by molar-refractivity contribution is 7.99. The summed E-state index contributed by atoms with van der Waals surface area (Å²) in [6, 6.07) is 10.3. The van der Waals surface area contributed by atoms with Gasteiger partial charge in [-0.2, -0.15) is 0 Å². The van der Waals surface area contributed by atoms with E-state index in [9.17, 15) is 13.9 Å². The van der Waals surface area contributed by atoms with E-state index in [4.69, 9.17) is 4.74 Å². The van der Waals surface area contributed by atoms with Crippen molar-refractivity contribution in [1.29, 1.82) is 0 Å². The summed E-state index contributed by atoms with van der Waals surface area (Å²) in [5.74, 6) is -0.788. The van der Waals surface area contributed by atoms with Crippen molar-refractivity contribution in [1.82, 2.24) is 0 Å². The fraction of sp³-hybridized carbons (Fsp3) is 0.250. The standard InChI is InChI=1S/C16H14F2O2S/c1-9-6-7-10(15(18)14(9)17)16(19)12-8-21-13-5-3-2-4-11(13)20-12/h2-7,12,16,19H,8H2,1H3. The first-order valence-corrected chi connectivity index (χ1v) is 7.57. The van der Waals surface area contributed by atoms with Crippen molar-refractivity contribution in [2.75, 3.05) is 5.75 Å². The van der Waals surface area contributed by atoms with Gasteiger partial charge in [0.15, 0.2) is 11.6 Å². The Kier molecular flexibility index (Phi) is 3.87. The first kappa shape index (κ1) is 14.4. The van der Waals surface area contributed by atoms with Gasteiger partial charge in [-0.1, -0.05) is 24.3 Å². The lowest BCUT2D eigenvalue weighted by molar-refractivity contribution is 0.0429. The van der Waals surface area contributed by atoms with Gasteiger partial charge < -0.3 is 9.84 Å². The summed E-state index contributed by atoms with van der Waals surface area (Å²) in [5, 5.41) is 10.3. The Morgan fingerprint density at radius 3 is 2.76 bits per heavy atom. The monoisotopic (exact) mass is 308 g/mol. The van der Waals surface area contributed by atoms with Gasteiger partial charge in [0.05, 0.1) is 0 Å². The first-order chi connectivity index (χ1) is 10.1. The first-order valence-electron chi connectivity index (χ1n) is 6.59. The maximum atomic E-state index is 14.0. The maximum absolute atomic E-state index is 14.0. The molecule has 2 aromatic rings. The van der Waals surface area contributed by atoms with Gasteiger partial charge >= 0.3 is 0 Å². The molecule has 5 heteroatoms. The highest BCUT2D eigenvalue weighted by Crippen LogP contribution is 2.38. The third-order valence-corrected chi connectivity index (χ3v) is 4.65. The molecule has 1 N–H and O–H groups in total. The van der Waals surface area contributed by atoms with Crippen LogP contribution in [-0.4, -0.2) is 17.0 Å². The summed E-state index contributed by atoms with van der Waals surface area (Å²) in [6.45, 7) is 1.48. The number of fused-ring (bicyclic) bond motifs is 1. The molecule has 0 fully saturated rings. The molecule has 1 heterocycles. The van der Waals surface area contributed by atoms with Gasteiger partial charge in [0.2, 0.25) is 0 Å². The largest absolute Gasteiger partial charge is 0.485 e. The number of aryl methyl sites for hydroxylation is 1. The molecule has 0 aromatic heterocycles. The van der Waals surface area contributed by atoms with Crippen LogP contribution in [-0.2, 0) is 0 Å². The number of para-hydroxylation sites is 1. The zero-order valence-electron chi connectivity index (χ0n) is 11.3. The third kappa shape index (κ3) is 2.63. The number of hydrogen-bond donors (Lipinski definition) is 1. The topological polar surface area (TPSA) is 29.5 Å². The molecule has 2 atom stereocenters. The zero-order valence-corrected chi connectivity index (χ0v) is 12.2. The van der Waals surface area contributed by atoms with Crippen LogP contribution in [0.1, 0.15) is 17.2 Å². The van der Waals surface area contributed by atoms with Crippen LogP contribution in [0.15, 0.2) is 41.3 Å². The molecular weight excluding hydrogens is 294 g/mol. The van der Waals surface area contributed by atoms with Gasteiger partial charge in [0.25, 0.3) is 0 Å². The van der Waals surface area contributed by atoms with Crippen molar-refractivity contribution < 1.29 is 18.6 Å². The van der Waals surface area contributed by atoms with Crippen LogP contribution in [0, 0.1) is 18.6 Å². The molecule has 0 bridgehead atoms. The molecule has 2 nitrogen and oxygen atoms in total. The predicted octanol–water partition coefficient (Wildman–Crippen LogP) is 3.86. The van der Waals surface area contributed by atoms with Gasteiger partial charge in [-0.25, -0.2) is 8.78 Å². The van der Waals surface area contributed by atoms with Crippen LogP contribution in [0.2, 0.25) is 0 Å². The number of benzene rings is 2. The molecule has 0 amide bonds. The predicted molar refractivity (Wildman–Crippen MR) is 77.6 cm³/mol. The highest BCUT2D eigenvalue weighted by atomic mass is 32.2. The number of ether oxygens (including phenoxy) is 1. The van der Waals surface area contributed by atoms with Crippen molar-refractivity contribution in [3.8, 4) is 5.75 Å². The van der Waals surface area contributed by atoms with E-state index in [1.54, 1.807) is 6.07 Å². The van der Waals surface area contributed by atoms with Crippen LogP contribution in [0.5, 0.6) is 5.75 Å². The van der Waals surface area contributed by atoms with Gasteiger partial charge in [-0.05, 0) is 24.6 Å². The summed E-state index contributed by atoms with van der Waals surface area (Å²) in [7, 11) is 0. The molecule has 0 radical (unpaired) electrons. The van der Waals surface area contributed by atoms with E-state index in [1.165, 1.54) is 30.8 Å². The SMILES string of the molecule is Cc1ccc(C(O)C2CSc3ccccc3O2)c(F)c1F.